The van der Waals surface area contributed by atoms with Crippen molar-refractivity contribution in [3.8, 4) is 0 Å². The van der Waals surface area contributed by atoms with Gasteiger partial charge in [0, 0.05) is 12.6 Å². The molecule has 1 N–H and O–H groups in total. The van der Waals surface area contributed by atoms with Gasteiger partial charge in [0.25, 0.3) is 11.8 Å². The van der Waals surface area contributed by atoms with Gasteiger partial charge in [0.1, 0.15) is 0 Å². The van der Waals surface area contributed by atoms with Gasteiger partial charge < -0.3 is 14.6 Å². The number of hydrogen-bond acceptors (Lipinski definition) is 4. The van der Waals surface area contributed by atoms with E-state index in [1.165, 1.54) is 24.0 Å². The fraction of sp³-hybridized carbons (Fsp3) is 0.375. The summed E-state index contributed by atoms with van der Waals surface area (Å²) in [4.78, 5) is 27.2. The Bertz CT molecular complexity index is 707. The lowest BCUT2D eigenvalue weighted by Gasteiger charge is -2.26. The maximum atomic E-state index is 12.6. The summed E-state index contributed by atoms with van der Waals surface area (Å²) in [5.74, 6) is 0.743. The van der Waals surface area contributed by atoms with E-state index in [1.807, 2.05) is 4.90 Å². The molecule has 2 aromatic rings. The number of carbonyl (C=O) groups is 2. The van der Waals surface area contributed by atoms with Crippen molar-refractivity contribution in [1.29, 1.82) is 0 Å². The molecule has 2 bridgehead atoms. The molecular weight excluding hydrogens is 300 g/mol. The molecule has 5 nitrogen and oxygen atoms in total. The highest BCUT2D eigenvalue weighted by Crippen LogP contribution is 2.38. The van der Waals surface area contributed by atoms with Crippen LogP contribution in [-0.4, -0.2) is 29.3 Å². The van der Waals surface area contributed by atoms with Crippen molar-refractivity contribution < 1.29 is 14.0 Å². The summed E-state index contributed by atoms with van der Waals surface area (Å²) < 4.78 is 5.05. The molecule has 6 heteroatoms. The molecule has 22 heavy (non-hydrogen) atoms. The lowest BCUT2D eigenvalue weighted by molar-refractivity contribution is 0.0708. The van der Waals surface area contributed by atoms with Crippen molar-refractivity contribution in [3.05, 3.63) is 41.2 Å². The van der Waals surface area contributed by atoms with Gasteiger partial charge >= 0.3 is 0 Å². The second-order valence-corrected chi connectivity index (χ2v) is 6.97. The molecule has 114 valence electrons. The van der Waals surface area contributed by atoms with Crippen molar-refractivity contribution in [2.45, 2.75) is 25.3 Å². The predicted octanol–water partition coefficient (Wildman–Crippen LogP) is 3.22. The first-order chi connectivity index (χ1) is 10.7. The molecule has 2 unspecified atom stereocenters. The molecule has 0 aromatic carbocycles. The van der Waals surface area contributed by atoms with Gasteiger partial charge in [-0.05, 0) is 49.4 Å². The smallest absolute Gasteiger partial charge is 0.291 e. The Morgan fingerprint density at radius 1 is 1.27 bits per heavy atom. The number of anilines is 1. The molecule has 2 aromatic heterocycles. The van der Waals surface area contributed by atoms with E-state index in [9.17, 15) is 9.59 Å². The average molecular weight is 316 g/mol. The summed E-state index contributed by atoms with van der Waals surface area (Å²) in [5, 5.41) is 3.42. The maximum absolute atomic E-state index is 12.6. The third kappa shape index (κ3) is 2.33. The number of rotatable bonds is 3. The van der Waals surface area contributed by atoms with Crippen LogP contribution in [0.4, 0.5) is 5.00 Å². The molecule has 1 aliphatic carbocycles. The monoisotopic (exact) mass is 316 g/mol. The van der Waals surface area contributed by atoms with Crippen molar-refractivity contribution in [1.82, 2.24) is 4.90 Å². The van der Waals surface area contributed by atoms with Crippen molar-refractivity contribution in [2.24, 2.45) is 5.92 Å². The van der Waals surface area contributed by atoms with Crippen molar-refractivity contribution in [2.75, 3.05) is 11.9 Å². The van der Waals surface area contributed by atoms with E-state index in [0.29, 0.717) is 21.8 Å². The molecule has 3 heterocycles. The van der Waals surface area contributed by atoms with E-state index < -0.39 is 0 Å². The van der Waals surface area contributed by atoms with Crippen LogP contribution in [0.5, 0.6) is 0 Å². The van der Waals surface area contributed by atoms with Gasteiger partial charge in [0.05, 0.1) is 16.1 Å². The van der Waals surface area contributed by atoms with Crippen LogP contribution in [0, 0.1) is 5.92 Å². The standard InChI is InChI=1S/C16H16N2O3S/c19-15(12-2-1-7-21-12)17-14-6-5-13(22-14)16(20)18-9-10-3-4-11(18)8-10/h1-2,5-7,10-11H,3-4,8-9H2,(H,17,19). The fourth-order valence-corrected chi connectivity index (χ4v) is 4.27. The van der Waals surface area contributed by atoms with Gasteiger partial charge in [0.2, 0.25) is 0 Å². The molecular formula is C16H16N2O3S. The summed E-state index contributed by atoms with van der Waals surface area (Å²) in [5.41, 5.74) is 0. The van der Waals surface area contributed by atoms with Crippen molar-refractivity contribution >= 4 is 28.2 Å². The minimum Gasteiger partial charge on any atom is -0.459 e. The number of carbonyl (C=O) groups excluding carboxylic acids is 2. The summed E-state index contributed by atoms with van der Waals surface area (Å²) in [6.07, 6.45) is 4.99. The molecule has 0 spiro atoms. The summed E-state index contributed by atoms with van der Waals surface area (Å²) >= 11 is 1.32. The number of fused-ring (bicyclic) bond motifs is 2. The van der Waals surface area contributed by atoms with Gasteiger partial charge in [0.15, 0.2) is 5.76 Å². The van der Waals surface area contributed by atoms with E-state index in [0.717, 1.165) is 19.4 Å². The third-order valence-electron chi connectivity index (χ3n) is 4.47. The SMILES string of the molecule is O=C(Nc1ccc(C(=O)N2CC3CCC2C3)s1)c1ccco1. The minimum absolute atomic E-state index is 0.0932. The minimum atomic E-state index is -0.300. The maximum Gasteiger partial charge on any atom is 0.291 e. The summed E-state index contributed by atoms with van der Waals surface area (Å²) in [7, 11) is 0. The molecule has 2 atom stereocenters. The van der Waals surface area contributed by atoms with Gasteiger partial charge in [-0.1, -0.05) is 0 Å². The summed E-state index contributed by atoms with van der Waals surface area (Å²) in [6, 6.07) is 7.25. The van der Waals surface area contributed by atoms with E-state index in [1.54, 1.807) is 24.3 Å². The Morgan fingerprint density at radius 2 is 2.18 bits per heavy atom. The highest BCUT2D eigenvalue weighted by atomic mass is 32.1. The van der Waals surface area contributed by atoms with Gasteiger partial charge in [-0.2, -0.15) is 0 Å². The number of likely N-dealkylation sites (tertiary alicyclic amines) is 1. The van der Waals surface area contributed by atoms with Crippen LogP contribution >= 0.6 is 11.3 Å². The first-order valence-electron chi connectivity index (χ1n) is 7.46. The van der Waals surface area contributed by atoms with Gasteiger partial charge in [-0.25, -0.2) is 0 Å². The first-order valence-corrected chi connectivity index (χ1v) is 8.28. The highest BCUT2D eigenvalue weighted by molar-refractivity contribution is 7.18. The normalized spacial score (nSPS) is 23.0. The lowest BCUT2D eigenvalue weighted by Crippen LogP contribution is -2.37. The van der Waals surface area contributed by atoms with Crippen LogP contribution in [0.15, 0.2) is 34.9 Å². The number of nitrogens with one attached hydrogen (secondary N) is 1. The Morgan fingerprint density at radius 3 is 2.86 bits per heavy atom. The summed E-state index contributed by atoms with van der Waals surface area (Å²) in [6.45, 7) is 0.884. The number of thiophene rings is 1. The molecule has 2 aliphatic rings. The predicted molar refractivity (Wildman–Crippen MR) is 83.1 cm³/mol. The zero-order chi connectivity index (χ0) is 15.1. The van der Waals surface area contributed by atoms with E-state index in [-0.39, 0.29) is 17.6 Å². The van der Waals surface area contributed by atoms with Crippen LogP contribution < -0.4 is 5.32 Å². The van der Waals surface area contributed by atoms with Crippen LogP contribution in [0.25, 0.3) is 0 Å². The molecule has 2 fully saturated rings. The molecule has 1 saturated heterocycles. The second-order valence-electron chi connectivity index (χ2n) is 5.89. The topological polar surface area (TPSA) is 62.6 Å². The third-order valence-corrected chi connectivity index (χ3v) is 5.46. The van der Waals surface area contributed by atoms with Gasteiger partial charge in [-0.15, -0.1) is 11.3 Å². The zero-order valence-corrected chi connectivity index (χ0v) is 12.8. The van der Waals surface area contributed by atoms with Crippen LogP contribution in [0.1, 0.15) is 39.5 Å². The lowest BCUT2D eigenvalue weighted by atomic mass is 10.1. The Hall–Kier alpha value is -2.08. The van der Waals surface area contributed by atoms with E-state index in [4.69, 9.17) is 4.42 Å². The Labute approximate surface area is 131 Å². The molecule has 0 radical (unpaired) electrons. The fourth-order valence-electron chi connectivity index (χ4n) is 3.42. The molecule has 4 rings (SSSR count). The number of hydrogen-bond donors (Lipinski definition) is 1. The van der Waals surface area contributed by atoms with Crippen LogP contribution in [0.3, 0.4) is 0 Å². The van der Waals surface area contributed by atoms with E-state index >= 15 is 0 Å². The van der Waals surface area contributed by atoms with Crippen LogP contribution in [0.2, 0.25) is 0 Å². The zero-order valence-electron chi connectivity index (χ0n) is 12.0. The molecule has 2 amide bonds. The highest BCUT2D eigenvalue weighted by Gasteiger charge is 2.40. The average Bonchev–Trinajstić information content (AvgIpc) is 3.28. The number of piperidine rings is 1. The Kier molecular flexibility index (Phi) is 3.26. The number of furan rings is 1. The Balaban J connectivity index is 1.45. The molecule has 1 saturated carbocycles. The second kappa shape index (κ2) is 5.28. The largest absolute Gasteiger partial charge is 0.459 e. The number of nitrogens with zero attached hydrogens (tertiary/aromatic N) is 1. The van der Waals surface area contributed by atoms with E-state index in [2.05, 4.69) is 5.32 Å². The number of amides is 2. The van der Waals surface area contributed by atoms with Gasteiger partial charge in [-0.3, -0.25) is 9.59 Å². The van der Waals surface area contributed by atoms with Crippen molar-refractivity contribution in [3.63, 3.8) is 0 Å². The quantitative estimate of drug-likeness (QED) is 0.945. The van der Waals surface area contributed by atoms with Crippen LogP contribution in [-0.2, 0) is 0 Å². The first kappa shape index (κ1) is 13.6. The molecule has 1 aliphatic heterocycles.